The number of aryl methyl sites for hydroxylation is 1. The molecule has 1 saturated heterocycles. The molecule has 0 atom stereocenters. The summed E-state index contributed by atoms with van der Waals surface area (Å²) in [4.78, 5) is 16.7. The fraction of sp³-hybridized carbons (Fsp3) is 0.412. The van der Waals surface area contributed by atoms with Crippen molar-refractivity contribution in [2.24, 2.45) is 7.05 Å². The molecule has 1 aliphatic heterocycles. The second-order valence-corrected chi connectivity index (χ2v) is 5.96. The van der Waals surface area contributed by atoms with Crippen LogP contribution in [0.1, 0.15) is 5.56 Å². The molecule has 1 N–H and O–H groups in total. The van der Waals surface area contributed by atoms with E-state index in [9.17, 15) is 4.79 Å². The van der Waals surface area contributed by atoms with E-state index in [2.05, 4.69) is 44.5 Å². The van der Waals surface area contributed by atoms with Gasteiger partial charge in [-0.15, -0.1) is 0 Å². The van der Waals surface area contributed by atoms with E-state index in [0.29, 0.717) is 12.4 Å². The van der Waals surface area contributed by atoms with Crippen LogP contribution in [0.25, 0.3) is 0 Å². The molecule has 0 radical (unpaired) electrons. The van der Waals surface area contributed by atoms with Crippen LogP contribution in [0.4, 0.5) is 5.82 Å². The summed E-state index contributed by atoms with van der Waals surface area (Å²) in [5.41, 5.74) is 1.34. The summed E-state index contributed by atoms with van der Waals surface area (Å²) in [5.74, 6) is 0.612. The molecule has 1 amide bonds. The van der Waals surface area contributed by atoms with E-state index in [0.717, 1.165) is 32.7 Å². The topological polar surface area (TPSA) is 53.4 Å². The molecule has 1 aromatic carbocycles. The minimum absolute atomic E-state index is 0.000194. The second-order valence-electron chi connectivity index (χ2n) is 5.96. The van der Waals surface area contributed by atoms with Crippen LogP contribution in [0.3, 0.4) is 0 Å². The molecule has 1 aliphatic rings. The van der Waals surface area contributed by atoms with Gasteiger partial charge in [-0.3, -0.25) is 19.3 Å². The minimum Gasteiger partial charge on any atom is -0.308 e. The number of carbonyl (C=O) groups excluding carboxylic acids is 1. The lowest BCUT2D eigenvalue weighted by molar-refractivity contribution is -0.117. The molecule has 0 bridgehead atoms. The quantitative estimate of drug-likeness (QED) is 0.900. The zero-order valence-electron chi connectivity index (χ0n) is 13.5. The Bertz CT molecular complexity index is 631. The van der Waals surface area contributed by atoms with E-state index >= 15 is 0 Å². The van der Waals surface area contributed by atoms with Crippen LogP contribution >= 0.6 is 0 Å². The van der Waals surface area contributed by atoms with E-state index in [1.165, 1.54) is 5.56 Å². The van der Waals surface area contributed by atoms with Crippen molar-refractivity contribution in [3.05, 3.63) is 48.2 Å². The lowest BCUT2D eigenvalue weighted by atomic mass is 10.2. The van der Waals surface area contributed by atoms with Crippen LogP contribution < -0.4 is 5.32 Å². The van der Waals surface area contributed by atoms with Crippen LogP contribution in [0.2, 0.25) is 0 Å². The Morgan fingerprint density at radius 3 is 2.43 bits per heavy atom. The predicted octanol–water partition coefficient (Wildman–Crippen LogP) is 1.18. The molecule has 1 aromatic heterocycles. The molecule has 1 fully saturated rings. The highest BCUT2D eigenvalue weighted by Crippen LogP contribution is 2.08. The summed E-state index contributed by atoms with van der Waals surface area (Å²) in [5, 5.41) is 7.00. The average Bonchev–Trinajstić information content (AvgIpc) is 2.95. The van der Waals surface area contributed by atoms with E-state index in [-0.39, 0.29) is 5.91 Å². The van der Waals surface area contributed by atoms with E-state index in [1.807, 2.05) is 19.3 Å². The first-order valence-corrected chi connectivity index (χ1v) is 7.97. The van der Waals surface area contributed by atoms with Gasteiger partial charge in [0.15, 0.2) is 5.82 Å². The molecule has 6 nitrogen and oxygen atoms in total. The van der Waals surface area contributed by atoms with Crippen LogP contribution in [0.5, 0.6) is 0 Å². The number of piperazine rings is 1. The minimum atomic E-state index is 0.000194. The normalized spacial score (nSPS) is 16.4. The zero-order valence-corrected chi connectivity index (χ0v) is 13.5. The third-order valence-corrected chi connectivity index (χ3v) is 4.06. The number of rotatable bonds is 5. The standard InChI is InChI=1S/C17H23N5O/c1-20-8-7-16(19-20)18-17(23)14-22-11-9-21(10-12-22)13-15-5-3-2-4-6-15/h2-8H,9-14H2,1H3,(H,18,19,23). The lowest BCUT2D eigenvalue weighted by Gasteiger charge is -2.34. The summed E-state index contributed by atoms with van der Waals surface area (Å²) >= 11 is 0. The maximum atomic E-state index is 12.0. The number of carbonyl (C=O) groups is 1. The maximum absolute atomic E-state index is 12.0. The molecular formula is C17H23N5O. The molecule has 0 saturated carbocycles. The number of anilines is 1. The SMILES string of the molecule is Cn1ccc(NC(=O)CN2CCN(Cc3ccccc3)CC2)n1. The van der Waals surface area contributed by atoms with E-state index in [1.54, 1.807) is 10.7 Å². The summed E-state index contributed by atoms with van der Waals surface area (Å²) in [6.45, 7) is 5.23. The first kappa shape index (κ1) is 15.7. The Hall–Kier alpha value is -2.18. The molecular weight excluding hydrogens is 290 g/mol. The number of hydrogen-bond donors (Lipinski definition) is 1. The first-order chi connectivity index (χ1) is 11.2. The van der Waals surface area contributed by atoms with Gasteiger partial charge in [0.25, 0.3) is 0 Å². The summed E-state index contributed by atoms with van der Waals surface area (Å²) in [6.07, 6.45) is 1.82. The van der Waals surface area contributed by atoms with Crippen LogP contribution in [0, 0.1) is 0 Å². The van der Waals surface area contributed by atoms with Crippen molar-refractivity contribution in [1.82, 2.24) is 19.6 Å². The molecule has 0 unspecified atom stereocenters. The number of benzene rings is 1. The maximum Gasteiger partial charge on any atom is 0.239 e. The molecule has 0 aliphatic carbocycles. The van der Waals surface area contributed by atoms with Gasteiger partial charge in [0.1, 0.15) is 0 Å². The van der Waals surface area contributed by atoms with Gasteiger partial charge in [-0.1, -0.05) is 30.3 Å². The molecule has 2 aromatic rings. The Kier molecular flexibility index (Phi) is 5.05. The van der Waals surface area contributed by atoms with Crippen molar-refractivity contribution >= 4 is 11.7 Å². The molecule has 3 rings (SSSR count). The highest BCUT2D eigenvalue weighted by atomic mass is 16.2. The van der Waals surface area contributed by atoms with Crippen molar-refractivity contribution in [2.75, 3.05) is 38.0 Å². The molecule has 2 heterocycles. The Labute approximate surface area is 136 Å². The summed E-state index contributed by atoms with van der Waals surface area (Å²) < 4.78 is 1.68. The predicted molar refractivity (Wildman–Crippen MR) is 90.0 cm³/mol. The molecule has 122 valence electrons. The second kappa shape index (κ2) is 7.39. The fourth-order valence-corrected chi connectivity index (χ4v) is 2.81. The molecule has 0 spiro atoms. The van der Waals surface area contributed by atoms with Crippen LogP contribution in [-0.4, -0.2) is 58.2 Å². The molecule has 23 heavy (non-hydrogen) atoms. The number of hydrogen-bond acceptors (Lipinski definition) is 4. The van der Waals surface area contributed by atoms with Crippen LogP contribution in [0.15, 0.2) is 42.6 Å². The largest absolute Gasteiger partial charge is 0.308 e. The van der Waals surface area contributed by atoms with Crippen molar-refractivity contribution < 1.29 is 4.79 Å². The zero-order chi connectivity index (χ0) is 16.1. The first-order valence-electron chi connectivity index (χ1n) is 7.97. The average molecular weight is 313 g/mol. The van der Waals surface area contributed by atoms with Gasteiger partial charge in [-0.25, -0.2) is 0 Å². The van der Waals surface area contributed by atoms with Gasteiger partial charge in [-0.2, -0.15) is 5.10 Å². The van der Waals surface area contributed by atoms with Crippen molar-refractivity contribution in [2.45, 2.75) is 6.54 Å². The number of nitrogens with zero attached hydrogens (tertiary/aromatic N) is 4. The third kappa shape index (κ3) is 4.64. The summed E-state index contributed by atoms with van der Waals surface area (Å²) in [7, 11) is 1.83. The van der Waals surface area contributed by atoms with Crippen molar-refractivity contribution in [3.63, 3.8) is 0 Å². The number of amides is 1. The van der Waals surface area contributed by atoms with Crippen molar-refractivity contribution in [3.8, 4) is 0 Å². The number of aromatic nitrogens is 2. The highest BCUT2D eigenvalue weighted by Gasteiger charge is 2.19. The Morgan fingerprint density at radius 1 is 1.09 bits per heavy atom. The Morgan fingerprint density at radius 2 is 1.78 bits per heavy atom. The van der Waals surface area contributed by atoms with Crippen LogP contribution in [-0.2, 0) is 18.4 Å². The summed E-state index contributed by atoms with van der Waals surface area (Å²) in [6, 6.07) is 12.3. The van der Waals surface area contributed by atoms with Gasteiger partial charge >= 0.3 is 0 Å². The Balaban J connectivity index is 1.41. The van der Waals surface area contributed by atoms with Gasteiger partial charge in [0.2, 0.25) is 5.91 Å². The monoisotopic (exact) mass is 313 g/mol. The highest BCUT2D eigenvalue weighted by molar-refractivity contribution is 5.91. The molecule has 6 heteroatoms. The fourth-order valence-electron chi connectivity index (χ4n) is 2.81. The van der Waals surface area contributed by atoms with Gasteiger partial charge in [-0.05, 0) is 5.56 Å². The number of nitrogens with one attached hydrogen (secondary N) is 1. The van der Waals surface area contributed by atoms with Gasteiger partial charge in [0, 0.05) is 52.0 Å². The van der Waals surface area contributed by atoms with E-state index < -0.39 is 0 Å². The smallest absolute Gasteiger partial charge is 0.239 e. The van der Waals surface area contributed by atoms with Gasteiger partial charge < -0.3 is 5.32 Å². The van der Waals surface area contributed by atoms with E-state index in [4.69, 9.17) is 0 Å². The van der Waals surface area contributed by atoms with Crippen molar-refractivity contribution in [1.29, 1.82) is 0 Å². The third-order valence-electron chi connectivity index (χ3n) is 4.06. The van der Waals surface area contributed by atoms with Gasteiger partial charge in [0.05, 0.1) is 6.54 Å². The lowest BCUT2D eigenvalue weighted by Crippen LogP contribution is -2.48.